The van der Waals surface area contributed by atoms with Gasteiger partial charge in [-0.25, -0.2) is 9.59 Å². The van der Waals surface area contributed by atoms with Crippen LogP contribution in [0.25, 0.3) is 0 Å². The number of rotatable bonds is 9. The van der Waals surface area contributed by atoms with Gasteiger partial charge >= 0.3 is 12.0 Å². The summed E-state index contributed by atoms with van der Waals surface area (Å²) in [4.78, 5) is 22.2. The first-order chi connectivity index (χ1) is 8.11. The quantitative estimate of drug-likeness (QED) is 0.443. The van der Waals surface area contributed by atoms with E-state index in [4.69, 9.17) is 5.11 Å². The first-order valence-corrected chi connectivity index (χ1v) is 6.92. The minimum atomic E-state index is -0.996. The molecule has 4 N–H and O–H groups in total. The van der Waals surface area contributed by atoms with E-state index in [9.17, 15) is 9.59 Å². The Kier molecular flexibility index (Phi) is 9.65. The highest BCUT2D eigenvalue weighted by atomic mass is 32.2. The predicted octanol–water partition coefficient (Wildman–Crippen LogP) is 0.101. The molecule has 0 bridgehead atoms. The minimum absolute atomic E-state index is 0.422. The van der Waals surface area contributed by atoms with Crippen LogP contribution in [0.15, 0.2) is 0 Å². The Balaban J connectivity index is 3.83. The van der Waals surface area contributed by atoms with Crippen LogP contribution < -0.4 is 16.0 Å². The molecular weight excluding hydrogens is 242 g/mol. The smallest absolute Gasteiger partial charge is 0.326 e. The molecule has 0 aliphatic heterocycles. The molecule has 0 fully saturated rings. The molecule has 1 atom stereocenters. The van der Waals surface area contributed by atoms with Crippen LogP contribution in [-0.2, 0) is 4.79 Å². The zero-order chi connectivity index (χ0) is 13.1. The molecule has 6 nitrogen and oxygen atoms in total. The zero-order valence-electron chi connectivity index (χ0n) is 10.3. The number of urea groups is 1. The van der Waals surface area contributed by atoms with Gasteiger partial charge in [-0.3, -0.25) is 0 Å². The molecular formula is C10H21N3O3S. The van der Waals surface area contributed by atoms with Crippen molar-refractivity contribution in [3.05, 3.63) is 0 Å². The summed E-state index contributed by atoms with van der Waals surface area (Å²) in [5, 5.41) is 16.9. The number of carboxylic acids is 1. The fraction of sp³-hybridized carbons (Fsp3) is 0.800. The molecule has 0 aromatic heterocycles. The summed E-state index contributed by atoms with van der Waals surface area (Å²) in [5.74, 6) is -0.291. The number of carbonyl (C=O) groups excluding carboxylic acids is 1. The van der Waals surface area contributed by atoms with Crippen molar-refractivity contribution in [1.29, 1.82) is 0 Å². The standard InChI is InChI=1S/C10H21N3O3S/c1-11-5-3-6-12-10(16)13-8(9(14)15)4-7-17-2/h8,11H,3-7H2,1-2H3,(H,14,15)(H2,12,13,16)/t8-/m1/s1. The SMILES string of the molecule is CNCCCNC(=O)N[C@H](CCSC)C(=O)O. The summed E-state index contributed by atoms with van der Waals surface area (Å²) in [6.07, 6.45) is 3.14. The Bertz CT molecular complexity index is 239. The van der Waals surface area contributed by atoms with Crippen molar-refractivity contribution in [1.82, 2.24) is 16.0 Å². The van der Waals surface area contributed by atoms with E-state index in [1.165, 1.54) is 0 Å². The Morgan fingerprint density at radius 1 is 1.35 bits per heavy atom. The van der Waals surface area contributed by atoms with Gasteiger partial charge in [-0.15, -0.1) is 0 Å². The summed E-state index contributed by atoms with van der Waals surface area (Å²) < 4.78 is 0. The molecule has 0 radical (unpaired) electrons. The van der Waals surface area contributed by atoms with Crippen molar-refractivity contribution >= 4 is 23.8 Å². The summed E-state index contributed by atoms with van der Waals surface area (Å²) >= 11 is 1.56. The molecule has 0 saturated carbocycles. The number of carbonyl (C=O) groups is 2. The summed E-state index contributed by atoms with van der Waals surface area (Å²) in [7, 11) is 1.84. The van der Waals surface area contributed by atoms with Crippen molar-refractivity contribution in [2.24, 2.45) is 0 Å². The molecule has 7 heteroatoms. The molecule has 0 saturated heterocycles. The Labute approximate surface area is 106 Å². The van der Waals surface area contributed by atoms with Crippen LogP contribution >= 0.6 is 11.8 Å². The van der Waals surface area contributed by atoms with Gasteiger partial charge in [0.25, 0.3) is 0 Å². The Morgan fingerprint density at radius 3 is 2.59 bits per heavy atom. The van der Waals surface area contributed by atoms with Crippen molar-refractivity contribution in [3.63, 3.8) is 0 Å². The molecule has 0 aliphatic rings. The van der Waals surface area contributed by atoms with Gasteiger partial charge in [0.2, 0.25) is 0 Å². The third-order valence-corrected chi connectivity index (χ3v) is 2.75. The van der Waals surface area contributed by atoms with E-state index in [1.807, 2.05) is 13.3 Å². The maximum atomic E-state index is 11.4. The van der Waals surface area contributed by atoms with E-state index in [0.29, 0.717) is 18.7 Å². The second-order valence-corrected chi connectivity index (χ2v) is 4.52. The molecule has 100 valence electrons. The molecule has 0 aromatic carbocycles. The lowest BCUT2D eigenvalue weighted by Gasteiger charge is -2.14. The fourth-order valence-electron chi connectivity index (χ4n) is 1.17. The first-order valence-electron chi connectivity index (χ1n) is 5.52. The van der Waals surface area contributed by atoms with Gasteiger partial charge in [-0.05, 0) is 38.4 Å². The van der Waals surface area contributed by atoms with Crippen molar-refractivity contribution < 1.29 is 14.7 Å². The number of thioether (sulfide) groups is 1. The van der Waals surface area contributed by atoms with E-state index in [2.05, 4.69) is 16.0 Å². The fourth-order valence-corrected chi connectivity index (χ4v) is 1.64. The average Bonchev–Trinajstić information content (AvgIpc) is 2.29. The van der Waals surface area contributed by atoms with Gasteiger partial charge in [0.1, 0.15) is 6.04 Å². The lowest BCUT2D eigenvalue weighted by atomic mass is 10.2. The topological polar surface area (TPSA) is 90.5 Å². The third-order valence-electron chi connectivity index (χ3n) is 2.10. The lowest BCUT2D eigenvalue weighted by molar-refractivity contribution is -0.139. The highest BCUT2D eigenvalue weighted by Gasteiger charge is 2.18. The highest BCUT2D eigenvalue weighted by Crippen LogP contribution is 2.00. The molecule has 0 rings (SSSR count). The second kappa shape index (κ2) is 10.2. The molecule has 0 heterocycles. The molecule has 2 amide bonds. The number of aliphatic carboxylic acids is 1. The van der Waals surface area contributed by atoms with Crippen LogP contribution in [0.1, 0.15) is 12.8 Å². The minimum Gasteiger partial charge on any atom is -0.480 e. The second-order valence-electron chi connectivity index (χ2n) is 3.53. The molecule has 0 spiro atoms. The number of hydrogen-bond donors (Lipinski definition) is 4. The highest BCUT2D eigenvalue weighted by molar-refractivity contribution is 7.98. The van der Waals surface area contributed by atoms with Crippen LogP contribution in [0.4, 0.5) is 4.79 Å². The molecule has 0 unspecified atom stereocenters. The average molecular weight is 263 g/mol. The van der Waals surface area contributed by atoms with E-state index in [0.717, 1.165) is 13.0 Å². The van der Waals surface area contributed by atoms with Crippen molar-refractivity contribution in [3.8, 4) is 0 Å². The van der Waals surface area contributed by atoms with E-state index in [1.54, 1.807) is 11.8 Å². The van der Waals surface area contributed by atoms with Crippen LogP contribution in [0.5, 0.6) is 0 Å². The summed E-state index contributed by atoms with van der Waals surface area (Å²) in [6, 6.07) is -1.23. The van der Waals surface area contributed by atoms with Gasteiger partial charge in [0.15, 0.2) is 0 Å². The van der Waals surface area contributed by atoms with Gasteiger partial charge in [0, 0.05) is 6.54 Å². The third kappa shape index (κ3) is 8.82. The normalized spacial score (nSPS) is 11.9. The monoisotopic (exact) mass is 263 g/mol. The van der Waals surface area contributed by atoms with E-state index < -0.39 is 18.0 Å². The number of nitrogens with one attached hydrogen (secondary N) is 3. The Hall–Kier alpha value is -0.950. The van der Waals surface area contributed by atoms with E-state index >= 15 is 0 Å². The summed E-state index contributed by atoms with van der Waals surface area (Å²) in [5.41, 5.74) is 0. The Morgan fingerprint density at radius 2 is 2.06 bits per heavy atom. The number of amides is 2. The maximum Gasteiger partial charge on any atom is 0.326 e. The van der Waals surface area contributed by atoms with Crippen LogP contribution in [-0.4, -0.2) is 55.3 Å². The van der Waals surface area contributed by atoms with Crippen molar-refractivity contribution in [2.75, 3.05) is 32.1 Å². The molecule has 0 aromatic rings. The van der Waals surface area contributed by atoms with Crippen LogP contribution in [0, 0.1) is 0 Å². The molecule has 17 heavy (non-hydrogen) atoms. The zero-order valence-corrected chi connectivity index (χ0v) is 11.1. The van der Waals surface area contributed by atoms with Crippen LogP contribution in [0.3, 0.4) is 0 Å². The summed E-state index contributed by atoms with van der Waals surface area (Å²) in [6.45, 7) is 1.34. The van der Waals surface area contributed by atoms with Gasteiger partial charge < -0.3 is 21.1 Å². The van der Waals surface area contributed by atoms with Gasteiger partial charge in [-0.1, -0.05) is 0 Å². The van der Waals surface area contributed by atoms with Crippen molar-refractivity contribution in [2.45, 2.75) is 18.9 Å². The maximum absolute atomic E-state index is 11.4. The van der Waals surface area contributed by atoms with Crippen LogP contribution in [0.2, 0.25) is 0 Å². The number of hydrogen-bond acceptors (Lipinski definition) is 4. The van der Waals surface area contributed by atoms with Gasteiger partial charge in [0.05, 0.1) is 0 Å². The first kappa shape index (κ1) is 16.1. The van der Waals surface area contributed by atoms with E-state index in [-0.39, 0.29) is 0 Å². The number of carboxylic acid groups (broad SMARTS) is 1. The largest absolute Gasteiger partial charge is 0.480 e. The van der Waals surface area contributed by atoms with Gasteiger partial charge in [-0.2, -0.15) is 11.8 Å². The lowest BCUT2D eigenvalue weighted by Crippen LogP contribution is -2.46. The molecule has 0 aliphatic carbocycles. The predicted molar refractivity (Wildman–Crippen MR) is 69.5 cm³/mol.